The van der Waals surface area contributed by atoms with Crippen molar-refractivity contribution in [2.75, 3.05) is 6.61 Å². The Hall–Kier alpha value is -0.560. The molecule has 1 aliphatic heterocycles. The van der Waals surface area contributed by atoms with Crippen molar-refractivity contribution in [3.05, 3.63) is 23.8 Å². The number of hydrogen-bond acceptors (Lipinski definition) is 1. The van der Waals surface area contributed by atoms with Gasteiger partial charge in [-0.2, -0.15) is 0 Å². The van der Waals surface area contributed by atoms with Crippen LogP contribution in [0.15, 0.2) is 23.8 Å². The third kappa shape index (κ3) is 1.61. The van der Waals surface area contributed by atoms with Crippen LogP contribution in [0.4, 0.5) is 0 Å². The first kappa shape index (κ1) is 8.06. The zero-order valence-electron chi connectivity index (χ0n) is 7.68. The van der Waals surface area contributed by atoms with Gasteiger partial charge in [0.1, 0.15) is 6.10 Å². The molecule has 1 nitrogen and oxygen atoms in total. The number of hydrogen-bond donors (Lipinski definition) is 0. The Morgan fingerprint density at radius 1 is 1.67 bits per heavy atom. The van der Waals surface area contributed by atoms with Crippen LogP contribution in [0, 0.1) is 5.92 Å². The molecule has 0 radical (unpaired) electrons. The fourth-order valence-corrected chi connectivity index (χ4v) is 1.86. The summed E-state index contributed by atoms with van der Waals surface area (Å²) in [6.07, 6.45) is 6.55. The molecule has 1 saturated heterocycles. The molecule has 1 heteroatoms. The molecule has 1 fully saturated rings. The lowest BCUT2D eigenvalue weighted by Gasteiger charge is -2.21. The smallest absolute Gasteiger partial charge is 0.102 e. The fraction of sp³-hybridized carbons (Fsp3) is 0.636. The molecule has 0 aromatic carbocycles. The van der Waals surface area contributed by atoms with Crippen molar-refractivity contribution in [2.24, 2.45) is 5.92 Å². The highest BCUT2D eigenvalue weighted by molar-refractivity contribution is 5.18. The van der Waals surface area contributed by atoms with Gasteiger partial charge in [-0.05, 0) is 37.7 Å². The maximum absolute atomic E-state index is 5.25. The van der Waals surface area contributed by atoms with Crippen molar-refractivity contribution in [3.8, 4) is 0 Å². The average molecular weight is 164 g/mol. The first-order chi connectivity index (χ1) is 5.77. The summed E-state index contributed by atoms with van der Waals surface area (Å²) in [6, 6.07) is 0. The molecule has 12 heavy (non-hydrogen) atoms. The Morgan fingerprint density at radius 3 is 2.83 bits per heavy atom. The van der Waals surface area contributed by atoms with Gasteiger partial charge in [-0.15, -0.1) is 0 Å². The van der Waals surface area contributed by atoms with Crippen molar-refractivity contribution in [1.29, 1.82) is 0 Å². The highest BCUT2D eigenvalue weighted by atomic mass is 16.6. The van der Waals surface area contributed by atoms with Gasteiger partial charge >= 0.3 is 0 Å². The van der Waals surface area contributed by atoms with Crippen LogP contribution >= 0.6 is 0 Å². The Labute approximate surface area is 74.1 Å². The van der Waals surface area contributed by atoms with Gasteiger partial charge in [-0.25, -0.2) is 0 Å². The molecular formula is C11H16O. The Balaban J connectivity index is 1.94. The molecule has 2 unspecified atom stereocenters. The number of rotatable bonds is 2. The third-order valence-corrected chi connectivity index (χ3v) is 2.89. The van der Waals surface area contributed by atoms with Crippen molar-refractivity contribution in [2.45, 2.75) is 32.3 Å². The van der Waals surface area contributed by atoms with Crippen LogP contribution in [0.5, 0.6) is 0 Å². The van der Waals surface area contributed by atoms with Crippen LogP contribution in [-0.2, 0) is 4.74 Å². The van der Waals surface area contributed by atoms with Gasteiger partial charge in [-0.1, -0.05) is 18.2 Å². The SMILES string of the molecule is C=C(C)C1CC=C(C2CO2)CC1. The molecule has 1 aliphatic carbocycles. The highest BCUT2D eigenvalue weighted by Crippen LogP contribution is 2.33. The zero-order valence-corrected chi connectivity index (χ0v) is 7.68. The fourth-order valence-electron chi connectivity index (χ4n) is 1.86. The highest BCUT2D eigenvalue weighted by Gasteiger charge is 2.29. The summed E-state index contributed by atoms with van der Waals surface area (Å²) in [4.78, 5) is 0. The van der Waals surface area contributed by atoms with Gasteiger partial charge in [-0.3, -0.25) is 0 Å². The van der Waals surface area contributed by atoms with Crippen molar-refractivity contribution < 1.29 is 4.74 Å². The summed E-state index contributed by atoms with van der Waals surface area (Å²) >= 11 is 0. The normalized spacial score (nSPS) is 34.2. The van der Waals surface area contributed by atoms with E-state index < -0.39 is 0 Å². The lowest BCUT2D eigenvalue weighted by atomic mass is 9.85. The molecule has 0 aromatic rings. The van der Waals surface area contributed by atoms with Crippen LogP contribution in [-0.4, -0.2) is 12.7 Å². The Morgan fingerprint density at radius 2 is 2.42 bits per heavy atom. The molecular weight excluding hydrogens is 148 g/mol. The van der Waals surface area contributed by atoms with E-state index in [1.54, 1.807) is 0 Å². The molecule has 2 aliphatic rings. The van der Waals surface area contributed by atoms with E-state index in [0.717, 1.165) is 12.5 Å². The van der Waals surface area contributed by atoms with Crippen LogP contribution in [0.1, 0.15) is 26.2 Å². The van der Waals surface area contributed by atoms with Crippen molar-refractivity contribution in [1.82, 2.24) is 0 Å². The molecule has 0 amide bonds. The van der Waals surface area contributed by atoms with E-state index in [1.165, 1.54) is 30.4 Å². The summed E-state index contributed by atoms with van der Waals surface area (Å²) in [5, 5.41) is 0. The van der Waals surface area contributed by atoms with E-state index in [4.69, 9.17) is 4.74 Å². The van der Waals surface area contributed by atoms with Gasteiger partial charge < -0.3 is 4.74 Å². The Bertz CT molecular complexity index is 223. The van der Waals surface area contributed by atoms with Crippen molar-refractivity contribution >= 4 is 0 Å². The summed E-state index contributed by atoms with van der Waals surface area (Å²) in [5.41, 5.74) is 2.87. The van der Waals surface area contributed by atoms with Gasteiger partial charge in [0.25, 0.3) is 0 Å². The summed E-state index contributed by atoms with van der Waals surface area (Å²) in [7, 11) is 0. The lowest BCUT2D eigenvalue weighted by Crippen LogP contribution is -2.08. The largest absolute Gasteiger partial charge is 0.368 e. The molecule has 0 aromatic heterocycles. The van der Waals surface area contributed by atoms with E-state index in [1.807, 2.05) is 0 Å². The quantitative estimate of drug-likeness (QED) is 0.451. The summed E-state index contributed by atoms with van der Waals surface area (Å²) < 4.78 is 5.25. The zero-order chi connectivity index (χ0) is 8.55. The molecule has 0 bridgehead atoms. The number of ether oxygens (including phenoxy) is 1. The van der Waals surface area contributed by atoms with Gasteiger partial charge in [0.05, 0.1) is 6.61 Å². The van der Waals surface area contributed by atoms with Crippen LogP contribution < -0.4 is 0 Å². The van der Waals surface area contributed by atoms with E-state index >= 15 is 0 Å². The second-order valence-corrected chi connectivity index (χ2v) is 3.92. The predicted octanol–water partition coefficient (Wildman–Crippen LogP) is 2.69. The molecule has 0 saturated carbocycles. The molecule has 0 spiro atoms. The molecule has 2 rings (SSSR count). The summed E-state index contributed by atoms with van der Waals surface area (Å²) in [6.45, 7) is 7.10. The van der Waals surface area contributed by atoms with E-state index in [9.17, 15) is 0 Å². The maximum Gasteiger partial charge on any atom is 0.102 e. The lowest BCUT2D eigenvalue weighted by molar-refractivity contribution is 0.415. The van der Waals surface area contributed by atoms with Gasteiger partial charge in [0.15, 0.2) is 0 Å². The number of allylic oxidation sites excluding steroid dienone is 2. The summed E-state index contributed by atoms with van der Waals surface area (Å²) in [5.74, 6) is 0.729. The predicted molar refractivity (Wildman–Crippen MR) is 50.0 cm³/mol. The standard InChI is InChI=1S/C11H16O/c1-8(2)9-3-5-10(6-4-9)11-7-12-11/h5,9,11H,1,3-4,6-7H2,2H3. The van der Waals surface area contributed by atoms with Gasteiger partial charge in [0, 0.05) is 0 Å². The Kier molecular flexibility index (Phi) is 2.05. The second-order valence-electron chi connectivity index (χ2n) is 3.92. The second kappa shape index (κ2) is 3.06. The molecule has 2 atom stereocenters. The monoisotopic (exact) mass is 164 g/mol. The topological polar surface area (TPSA) is 12.5 Å². The first-order valence-electron chi connectivity index (χ1n) is 4.73. The molecule has 1 heterocycles. The molecule has 0 N–H and O–H groups in total. The minimum Gasteiger partial charge on any atom is -0.368 e. The van der Waals surface area contributed by atoms with E-state index in [-0.39, 0.29) is 0 Å². The number of epoxide rings is 1. The average Bonchev–Trinajstić information content (AvgIpc) is 2.87. The van der Waals surface area contributed by atoms with Crippen molar-refractivity contribution in [3.63, 3.8) is 0 Å². The van der Waals surface area contributed by atoms with Crippen LogP contribution in [0.2, 0.25) is 0 Å². The third-order valence-electron chi connectivity index (χ3n) is 2.89. The maximum atomic E-state index is 5.25. The van der Waals surface area contributed by atoms with Crippen LogP contribution in [0.25, 0.3) is 0 Å². The van der Waals surface area contributed by atoms with E-state index in [0.29, 0.717) is 6.10 Å². The van der Waals surface area contributed by atoms with Gasteiger partial charge in [0.2, 0.25) is 0 Å². The van der Waals surface area contributed by atoms with Crippen LogP contribution in [0.3, 0.4) is 0 Å². The minimum atomic E-state index is 0.496. The van der Waals surface area contributed by atoms with E-state index in [2.05, 4.69) is 19.6 Å². The minimum absolute atomic E-state index is 0.496. The first-order valence-corrected chi connectivity index (χ1v) is 4.73. The molecule has 66 valence electrons.